The average Bonchev–Trinajstić information content (AvgIpc) is 1.94. The van der Waals surface area contributed by atoms with Gasteiger partial charge in [0.05, 0.1) is 11.2 Å². The topological polar surface area (TPSA) is 46.9 Å². The summed E-state index contributed by atoms with van der Waals surface area (Å²) < 4.78 is 0. The highest BCUT2D eigenvalue weighted by atomic mass is 16.3. The van der Waals surface area contributed by atoms with Gasteiger partial charge >= 0.3 is 0 Å². The van der Waals surface area contributed by atoms with E-state index in [-0.39, 0.29) is 0 Å². The van der Waals surface area contributed by atoms with Crippen LogP contribution in [0.5, 0.6) is 0 Å². The molecule has 0 aromatic carbocycles. The van der Waals surface area contributed by atoms with E-state index in [0.29, 0.717) is 13.1 Å². The Hall–Kier alpha value is -0.160. The van der Waals surface area contributed by atoms with Crippen LogP contribution in [-0.4, -0.2) is 71.5 Å². The van der Waals surface area contributed by atoms with Gasteiger partial charge in [-0.3, -0.25) is 0 Å². The average molecular weight is 232 g/mol. The molecule has 0 aromatic heterocycles. The zero-order valence-electron chi connectivity index (χ0n) is 11.6. The molecule has 0 aromatic rings. The van der Waals surface area contributed by atoms with Crippen LogP contribution in [0.1, 0.15) is 27.7 Å². The van der Waals surface area contributed by atoms with Gasteiger partial charge in [-0.1, -0.05) is 0 Å². The molecule has 0 atom stereocenters. The Morgan fingerprint density at radius 3 is 1.19 bits per heavy atom. The van der Waals surface area contributed by atoms with Crippen molar-refractivity contribution in [1.29, 1.82) is 0 Å². The summed E-state index contributed by atoms with van der Waals surface area (Å²) in [5.74, 6) is 0. The monoisotopic (exact) mass is 232 g/mol. The number of hydrogen-bond acceptors (Lipinski definition) is 4. The number of rotatable bonds is 7. The molecule has 0 aliphatic heterocycles. The fraction of sp³-hybridized carbons (Fsp3) is 1.00. The van der Waals surface area contributed by atoms with Gasteiger partial charge in [-0.15, -0.1) is 0 Å². The van der Waals surface area contributed by atoms with Crippen molar-refractivity contribution in [2.45, 2.75) is 38.9 Å². The third kappa shape index (κ3) is 10.4. The molecule has 0 spiro atoms. The van der Waals surface area contributed by atoms with Gasteiger partial charge in [-0.25, -0.2) is 0 Å². The first-order valence-corrected chi connectivity index (χ1v) is 5.81. The van der Waals surface area contributed by atoms with Crippen LogP contribution < -0.4 is 0 Å². The highest BCUT2D eigenvalue weighted by Gasteiger charge is 2.18. The normalized spacial score (nSPS) is 13.9. The molecular weight excluding hydrogens is 204 g/mol. The minimum atomic E-state index is -0.649. The molecule has 0 amide bonds. The van der Waals surface area contributed by atoms with Gasteiger partial charge in [-0.2, -0.15) is 0 Å². The van der Waals surface area contributed by atoms with E-state index in [1.54, 1.807) is 0 Å². The summed E-state index contributed by atoms with van der Waals surface area (Å²) in [6, 6.07) is 0. The van der Waals surface area contributed by atoms with E-state index in [0.717, 1.165) is 13.1 Å². The van der Waals surface area contributed by atoms with Crippen LogP contribution in [0.15, 0.2) is 0 Å². The smallest absolute Gasteiger partial charge is 0.0718 e. The maximum absolute atomic E-state index is 9.64. The molecule has 0 saturated heterocycles. The zero-order chi connectivity index (χ0) is 13.0. The summed E-state index contributed by atoms with van der Waals surface area (Å²) in [4.78, 5) is 4.20. The molecule has 0 rings (SSSR count). The van der Waals surface area contributed by atoms with Gasteiger partial charge in [0.2, 0.25) is 0 Å². The Labute approximate surface area is 99.9 Å². The fourth-order valence-corrected chi connectivity index (χ4v) is 1.82. The number of aliphatic hydroxyl groups is 2. The maximum Gasteiger partial charge on any atom is 0.0718 e. The molecule has 0 unspecified atom stereocenters. The molecule has 2 N–H and O–H groups in total. The highest BCUT2D eigenvalue weighted by Crippen LogP contribution is 2.05. The number of nitrogens with zero attached hydrogens (tertiary/aromatic N) is 2. The summed E-state index contributed by atoms with van der Waals surface area (Å²) in [5.41, 5.74) is -1.30. The molecule has 0 radical (unpaired) electrons. The predicted molar refractivity (Wildman–Crippen MR) is 67.6 cm³/mol. The standard InChI is InChI=1S/C12H28N2O2/c1-11(2,15)9-13(5)7-8-14(6)10-12(3,4)16/h15-16H,7-10H2,1-6H3. The van der Waals surface area contributed by atoms with Crippen LogP contribution in [0.4, 0.5) is 0 Å². The van der Waals surface area contributed by atoms with Gasteiger partial charge in [0.1, 0.15) is 0 Å². The van der Waals surface area contributed by atoms with E-state index >= 15 is 0 Å². The van der Waals surface area contributed by atoms with Crippen molar-refractivity contribution in [2.75, 3.05) is 40.3 Å². The summed E-state index contributed by atoms with van der Waals surface area (Å²) in [6.45, 7) is 10.3. The molecule has 16 heavy (non-hydrogen) atoms. The van der Waals surface area contributed by atoms with E-state index in [4.69, 9.17) is 0 Å². The molecule has 0 heterocycles. The number of likely N-dealkylation sites (N-methyl/N-ethyl adjacent to an activating group) is 2. The summed E-state index contributed by atoms with van der Waals surface area (Å²) in [7, 11) is 3.99. The minimum absolute atomic E-state index is 0.649. The van der Waals surface area contributed by atoms with Crippen LogP contribution in [0.2, 0.25) is 0 Å². The fourth-order valence-electron chi connectivity index (χ4n) is 1.82. The van der Waals surface area contributed by atoms with E-state index in [9.17, 15) is 10.2 Å². The van der Waals surface area contributed by atoms with Crippen molar-refractivity contribution in [3.05, 3.63) is 0 Å². The van der Waals surface area contributed by atoms with Gasteiger partial charge < -0.3 is 20.0 Å². The maximum atomic E-state index is 9.64. The Bertz CT molecular complexity index is 172. The predicted octanol–water partition coefficient (Wildman–Crippen LogP) is 0.392. The zero-order valence-corrected chi connectivity index (χ0v) is 11.6. The summed E-state index contributed by atoms with van der Waals surface area (Å²) >= 11 is 0. The van der Waals surface area contributed by atoms with Gasteiger partial charge in [0.25, 0.3) is 0 Å². The lowest BCUT2D eigenvalue weighted by molar-refractivity contribution is 0.0290. The first-order valence-electron chi connectivity index (χ1n) is 5.81. The molecule has 0 aliphatic rings. The van der Waals surface area contributed by atoms with Crippen molar-refractivity contribution in [2.24, 2.45) is 0 Å². The second kappa shape index (κ2) is 5.96. The molecule has 98 valence electrons. The molecule has 0 aliphatic carbocycles. The SMILES string of the molecule is CN(CCN(C)CC(C)(C)O)CC(C)(C)O. The Kier molecular flexibility index (Phi) is 5.90. The van der Waals surface area contributed by atoms with E-state index < -0.39 is 11.2 Å². The first kappa shape index (κ1) is 15.8. The van der Waals surface area contributed by atoms with Crippen molar-refractivity contribution in [1.82, 2.24) is 9.80 Å². The Morgan fingerprint density at radius 2 is 1.00 bits per heavy atom. The van der Waals surface area contributed by atoms with E-state index in [1.165, 1.54) is 0 Å². The lowest BCUT2D eigenvalue weighted by atomic mass is 10.1. The van der Waals surface area contributed by atoms with Crippen molar-refractivity contribution < 1.29 is 10.2 Å². The molecule has 0 saturated carbocycles. The van der Waals surface area contributed by atoms with Crippen LogP contribution in [0, 0.1) is 0 Å². The molecule has 0 fully saturated rings. The van der Waals surface area contributed by atoms with Gasteiger partial charge in [0, 0.05) is 26.2 Å². The second-order valence-electron chi connectivity index (χ2n) is 6.10. The second-order valence-corrected chi connectivity index (χ2v) is 6.10. The van der Waals surface area contributed by atoms with E-state index in [2.05, 4.69) is 9.80 Å². The van der Waals surface area contributed by atoms with Gasteiger partial charge in [-0.05, 0) is 41.8 Å². The molecular formula is C12H28N2O2. The van der Waals surface area contributed by atoms with Crippen LogP contribution in [0.25, 0.3) is 0 Å². The Morgan fingerprint density at radius 1 is 0.750 bits per heavy atom. The quantitative estimate of drug-likeness (QED) is 0.667. The largest absolute Gasteiger partial charge is 0.389 e. The summed E-state index contributed by atoms with van der Waals surface area (Å²) in [5, 5.41) is 19.3. The third-order valence-corrected chi connectivity index (χ3v) is 2.18. The van der Waals surface area contributed by atoms with Crippen molar-refractivity contribution in [3.63, 3.8) is 0 Å². The molecule has 0 bridgehead atoms. The first-order chi connectivity index (χ1) is 6.99. The third-order valence-electron chi connectivity index (χ3n) is 2.18. The van der Waals surface area contributed by atoms with E-state index in [1.807, 2.05) is 41.8 Å². The van der Waals surface area contributed by atoms with Crippen LogP contribution >= 0.6 is 0 Å². The lowest BCUT2D eigenvalue weighted by Gasteiger charge is -2.29. The molecule has 4 nitrogen and oxygen atoms in total. The minimum Gasteiger partial charge on any atom is -0.389 e. The van der Waals surface area contributed by atoms with Crippen LogP contribution in [0.3, 0.4) is 0 Å². The lowest BCUT2D eigenvalue weighted by Crippen LogP contribution is -2.42. The van der Waals surface area contributed by atoms with Crippen molar-refractivity contribution in [3.8, 4) is 0 Å². The number of hydrogen-bond donors (Lipinski definition) is 2. The molecule has 4 heteroatoms. The van der Waals surface area contributed by atoms with Gasteiger partial charge in [0.15, 0.2) is 0 Å². The van der Waals surface area contributed by atoms with Crippen molar-refractivity contribution >= 4 is 0 Å². The summed E-state index contributed by atoms with van der Waals surface area (Å²) in [6.07, 6.45) is 0. The Balaban J connectivity index is 3.80. The van der Waals surface area contributed by atoms with Crippen LogP contribution in [-0.2, 0) is 0 Å². The highest BCUT2D eigenvalue weighted by molar-refractivity contribution is 4.73.